The van der Waals surface area contributed by atoms with Crippen LogP contribution in [-0.2, 0) is 5.41 Å². The number of hydrogen-bond acceptors (Lipinski definition) is 1. The van der Waals surface area contributed by atoms with Crippen molar-refractivity contribution in [2.24, 2.45) is 0 Å². The van der Waals surface area contributed by atoms with Crippen LogP contribution in [0.25, 0.3) is 66.4 Å². The van der Waals surface area contributed by atoms with Gasteiger partial charge in [-0.2, -0.15) is 0 Å². The van der Waals surface area contributed by atoms with E-state index in [2.05, 4.69) is 217 Å². The van der Waals surface area contributed by atoms with Gasteiger partial charge in [-0.3, -0.25) is 0 Å². The van der Waals surface area contributed by atoms with E-state index >= 15 is 0 Å². The van der Waals surface area contributed by atoms with Gasteiger partial charge in [-0.1, -0.05) is 176 Å². The summed E-state index contributed by atoms with van der Waals surface area (Å²) in [5, 5.41) is 2.79. The second-order valence-corrected chi connectivity index (χ2v) is 16.6. The molecule has 1 unspecified atom stereocenters. The smallest absolute Gasteiger partial charge is 0.0726 e. The summed E-state index contributed by atoms with van der Waals surface area (Å²) < 4.78 is 0. The van der Waals surface area contributed by atoms with Crippen molar-refractivity contribution in [1.82, 2.24) is 0 Å². The molecule has 1 heteroatoms. The van der Waals surface area contributed by atoms with Gasteiger partial charge in [0.15, 0.2) is 0 Å². The summed E-state index contributed by atoms with van der Waals surface area (Å²) >= 11 is 0. The third kappa shape index (κ3) is 4.52. The molecule has 4 aliphatic rings. The number of rotatable bonds is 5. The number of benzene rings is 9. The van der Waals surface area contributed by atoms with Gasteiger partial charge in [0.1, 0.15) is 0 Å². The van der Waals surface area contributed by atoms with E-state index in [-0.39, 0.29) is 0 Å². The first-order valence-electron chi connectivity index (χ1n) is 21.2. The summed E-state index contributed by atoms with van der Waals surface area (Å²) in [6.45, 7) is 0. The zero-order valence-electron chi connectivity index (χ0n) is 33.1. The average molecular weight is 762 g/mol. The maximum Gasteiger partial charge on any atom is 0.0726 e. The maximum atomic E-state index is 2.60. The van der Waals surface area contributed by atoms with E-state index in [0.717, 1.165) is 24.2 Å². The number of nitrogens with zero attached hydrogens (tertiary/aromatic N) is 1. The molecule has 4 aliphatic carbocycles. The molecule has 0 saturated carbocycles. The van der Waals surface area contributed by atoms with Gasteiger partial charge in [-0.25, -0.2) is 0 Å². The molecule has 0 radical (unpaired) electrons. The normalized spacial score (nSPS) is 16.1. The average Bonchev–Trinajstić information content (AvgIpc) is 3.93. The molecule has 0 heterocycles. The summed E-state index contributed by atoms with van der Waals surface area (Å²) in [7, 11) is 0. The fraction of sp³-hybridized carbons (Fsp3) is 0.0508. The SMILES string of the molecule is C1=CC2=C(CC1)c1cccc3c4c(cc2c13)C1(c2ccccc2-c2c(N(c3ccc(-c5ccccc5)cc3)c3cccc(-c5ccccc5)c3)cccc21)c1ccccc1-4. The lowest BCUT2D eigenvalue weighted by atomic mass is 9.70. The molecule has 9 aromatic carbocycles. The van der Waals surface area contributed by atoms with Crippen molar-refractivity contribution in [3.8, 4) is 44.5 Å². The monoisotopic (exact) mass is 761 g/mol. The molecule has 1 spiro atoms. The summed E-state index contributed by atoms with van der Waals surface area (Å²) in [6.07, 6.45) is 6.95. The first-order valence-corrected chi connectivity index (χ1v) is 21.2. The lowest BCUT2D eigenvalue weighted by molar-refractivity contribution is 0.794. The van der Waals surface area contributed by atoms with Crippen molar-refractivity contribution in [2.45, 2.75) is 18.3 Å². The molecular weight excluding hydrogens is 723 g/mol. The van der Waals surface area contributed by atoms with Crippen LogP contribution in [0.5, 0.6) is 0 Å². The second-order valence-electron chi connectivity index (χ2n) is 16.6. The summed E-state index contributed by atoms with van der Waals surface area (Å²) in [5.74, 6) is 0. The Morgan fingerprint density at radius 3 is 1.77 bits per heavy atom. The van der Waals surface area contributed by atoms with Gasteiger partial charge in [-0.15, -0.1) is 0 Å². The molecule has 60 heavy (non-hydrogen) atoms. The Morgan fingerprint density at radius 2 is 1.00 bits per heavy atom. The zero-order valence-corrected chi connectivity index (χ0v) is 33.1. The van der Waals surface area contributed by atoms with Crippen LogP contribution in [0.2, 0.25) is 0 Å². The Bertz CT molecular complexity index is 3300. The fourth-order valence-electron chi connectivity index (χ4n) is 11.3. The third-order valence-electron chi connectivity index (χ3n) is 13.7. The molecule has 0 saturated heterocycles. The number of fused-ring (bicyclic) bond motifs is 13. The first kappa shape index (κ1) is 33.5. The zero-order chi connectivity index (χ0) is 39.4. The molecule has 13 rings (SSSR count). The van der Waals surface area contributed by atoms with Crippen molar-refractivity contribution in [1.29, 1.82) is 0 Å². The van der Waals surface area contributed by atoms with Crippen molar-refractivity contribution in [3.05, 3.63) is 246 Å². The highest BCUT2D eigenvalue weighted by molar-refractivity contribution is 6.21. The summed E-state index contributed by atoms with van der Waals surface area (Å²) in [4.78, 5) is 2.49. The van der Waals surface area contributed by atoms with Crippen LogP contribution in [0.3, 0.4) is 0 Å². The van der Waals surface area contributed by atoms with Gasteiger partial charge in [0.25, 0.3) is 0 Å². The number of hydrogen-bond donors (Lipinski definition) is 0. The topological polar surface area (TPSA) is 3.24 Å². The molecule has 1 nitrogen and oxygen atoms in total. The molecule has 9 aromatic rings. The molecule has 0 aromatic heterocycles. The molecular formula is C59H39N. The van der Waals surface area contributed by atoms with Crippen molar-refractivity contribution in [2.75, 3.05) is 4.90 Å². The minimum Gasteiger partial charge on any atom is -0.310 e. The Kier molecular flexibility index (Phi) is 7.12. The van der Waals surface area contributed by atoms with Gasteiger partial charge in [0.2, 0.25) is 0 Å². The minimum absolute atomic E-state index is 0.495. The molecule has 0 N–H and O–H groups in total. The highest BCUT2D eigenvalue weighted by Gasteiger charge is 2.53. The van der Waals surface area contributed by atoms with Gasteiger partial charge >= 0.3 is 0 Å². The number of allylic oxidation sites excluding steroid dienone is 4. The minimum atomic E-state index is -0.495. The van der Waals surface area contributed by atoms with E-state index < -0.39 is 5.41 Å². The van der Waals surface area contributed by atoms with Crippen LogP contribution >= 0.6 is 0 Å². The highest BCUT2D eigenvalue weighted by Crippen LogP contribution is 2.66. The number of anilines is 3. The predicted octanol–water partition coefficient (Wildman–Crippen LogP) is 15.6. The highest BCUT2D eigenvalue weighted by atomic mass is 15.1. The summed E-state index contributed by atoms with van der Waals surface area (Å²) in [6, 6.07) is 74.8. The predicted molar refractivity (Wildman–Crippen MR) is 251 cm³/mol. The molecule has 0 aliphatic heterocycles. The van der Waals surface area contributed by atoms with E-state index in [1.54, 1.807) is 0 Å². The van der Waals surface area contributed by atoms with E-state index in [1.807, 2.05) is 0 Å². The quantitative estimate of drug-likeness (QED) is 0.169. The second kappa shape index (κ2) is 12.8. The Labute approximate surface area is 350 Å². The van der Waals surface area contributed by atoms with Gasteiger partial charge in [0.05, 0.1) is 11.1 Å². The van der Waals surface area contributed by atoms with E-state index in [9.17, 15) is 0 Å². The Balaban J connectivity index is 1.10. The largest absolute Gasteiger partial charge is 0.310 e. The maximum absolute atomic E-state index is 2.60. The molecule has 0 bridgehead atoms. The van der Waals surface area contributed by atoms with Gasteiger partial charge < -0.3 is 4.90 Å². The van der Waals surface area contributed by atoms with Crippen LogP contribution in [0, 0.1) is 0 Å². The molecule has 280 valence electrons. The standard InChI is InChI=1S/C59H39N/c1-3-16-38(17-4-1)40-32-34-42(35-33-40)60(43-21-13-20-41(36-43)39-18-5-2-6-19-39)55-31-15-30-53-58(55)48-25-10-12-29-52(48)59(53)51-28-11-9-24-47(51)57-49-27-14-26-46-44-22-7-8-23-45(44)50(56(46)49)37-54(57)59/h1-6,8-21,23-37H,7,22H2. The van der Waals surface area contributed by atoms with Gasteiger partial charge in [0, 0.05) is 16.9 Å². The molecule has 0 fully saturated rings. The van der Waals surface area contributed by atoms with Crippen LogP contribution in [0.4, 0.5) is 17.1 Å². The Morgan fingerprint density at radius 1 is 0.400 bits per heavy atom. The molecule has 1 atom stereocenters. The fourth-order valence-corrected chi connectivity index (χ4v) is 11.3. The lowest BCUT2D eigenvalue weighted by Gasteiger charge is -2.32. The molecule has 0 amide bonds. The summed E-state index contributed by atoms with van der Waals surface area (Å²) in [5.41, 5.74) is 24.2. The van der Waals surface area contributed by atoms with E-state index in [0.29, 0.717) is 0 Å². The van der Waals surface area contributed by atoms with E-state index in [1.165, 1.54) is 105 Å². The van der Waals surface area contributed by atoms with Crippen molar-refractivity contribution < 1.29 is 0 Å². The Hall–Kier alpha value is -7.48. The van der Waals surface area contributed by atoms with Gasteiger partial charge in [-0.05, 0) is 143 Å². The third-order valence-corrected chi connectivity index (χ3v) is 13.7. The van der Waals surface area contributed by atoms with Crippen LogP contribution in [0.1, 0.15) is 46.2 Å². The van der Waals surface area contributed by atoms with Crippen molar-refractivity contribution in [3.63, 3.8) is 0 Å². The lowest BCUT2D eigenvalue weighted by Crippen LogP contribution is -2.26. The van der Waals surface area contributed by atoms with E-state index in [4.69, 9.17) is 0 Å². The first-order chi connectivity index (χ1) is 29.8. The van der Waals surface area contributed by atoms with Crippen molar-refractivity contribution >= 4 is 39.0 Å². The van der Waals surface area contributed by atoms with Crippen LogP contribution in [0.15, 0.2) is 212 Å². The van der Waals surface area contributed by atoms with Crippen LogP contribution in [-0.4, -0.2) is 0 Å². The van der Waals surface area contributed by atoms with Crippen LogP contribution < -0.4 is 4.90 Å².